The maximum atomic E-state index is 8.80. The molecular weight excluding hydrogens is 210 g/mol. The van der Waals surface area contributed by atoms with Gasteiger partial charge in [0.25, 0.3) is 0 Å². The van der Waals surface area contributed by atoms with E-state index >= 15 is 0 Å². The molecule has 2 heterocycles. The second-order valence-electron chi connectivity index (χ2n) is 5.19. The normalized spacial score (nSPS) is 27.6. The largest absolute Gasteiger partial charge is 0.371 e. The summed E-state index contributed by atoms with van der Waals surface area (Å²) in [5, 5.41) is 12.3. The zero-order valence-electron chi connectivity index (χ0n) is 9.89. The summed E-state index contributed by atoms with van der Waals surface area (Å²) in [4.78, 5) is 2.47. The highest BCUT2D eigenvalue weighted by molar-refractivity contribution is 5.50. The van der Waals surface area contributed by atoms with Gasteiger partial charge in [0, 0.05) is 18.8 Å². The molecule has 0 saturated carbocycles. The highest BCUT2D eigenvalue weighted by Gasteiger charge is 2.30. The minimum Gasteiger partial charge on any atom is -0.371 e. The Kier molecular flexibility index (Phi) is 2.74. The van der Waals surface area contributed by atoms with E-state index in [9.17, 15) is 0 Å². The van der Waals surface area contributed by atoms with Crippen molar-refractivity contribution in [3.05, 3.63) is 29.8 Å². The smallest absolute Gasteiger partial charge is 0.0991 e. The molecule has 0 amide bonds. The van der Waals surface area contributed by atoms with Crippen LogP contribution in [0.25, 0.3) is 0 Å². The number of rotatable bonds is 1. The van der Waals surface area contributed by atoms with Crippen LogP contribution in [0.2, 0.25) is 0 Å². The molecule has 2 saturated heterocycles. The molecule has 1 N–H and O–H groups in total. The topological polar surface area (TPSA) is 39.1 Å². The first kappa shape index (κ1) is 10.6. The molecule has 0 aliphatic carbocycles. The lowest BCUT2D eigenvalue weighted by Crippen LogP contribution is -2.51. The first-order valence-corrected chi connectivity index (χ1v) is 6.31. The van der Waals surface area contributed by atoms with Gasteiger partial charge < -0.3 is 10.2 Å². The molecule has 1 aromatic rings. The minimum atomic E-state index is 0.743. The van der Waals surface area contributed by atoms with Crippen molar-refractivity contribution in [3.8, 4) is 6.07 Å². The first-order chi connectivity index (χ1) is 8.35. The highest BCUT2D eigenvalue weighted by Crippen LogP contribution is 2.28. The molecule has 0 spiro atoms. The summed E-state index contributed by atoms with van der Waals surface area (Å²) in [7, 11) is 0. The Morgan fingerprint density at radius 3 is 2.35 bits per heavy atom. The van der Waals surface area contributed by atoms with Gasteiger partial charge in [-0.25, -0.2) is 0 Å². The molecule has 3 rings (SSSR count). The quantitative estimate of drug-likeness (QED) is 0.792. The van der Waals surface area contributed by atoms with Crippen LogP contribution in [0.15, 0.2) is 24.3 Å². The molecule has 2 bridgehead atoms. The van der Waals surface area contributed by atoms with E-state index in [1.807, 2.05) is 12.1 Å². The molecule has 3 nitrogen and oxygen atoms in total. The lowest BCUT2D eigenvalue weighted by atomic mass is 9.85. The fraction of sp³-hybridized carbons (Fsp3) is 0.500. The molecule has 2 unspecified atom stereocenters. The molecule has 2 atom stereocenters. The van der Waals surface area contributed by atoms with Crippen LogP contribution >= 0.6 is 0 Å². The second-order valence-corrected chi connectivity index (χ2v) is 5.19. The number of hydrogen-bond donors (Lipinski definition) is 1. The van der Waals surface area contributed by atoms with Crippen LogP contribution in [0.4, 0.5) is 5.69 Å². The third kappa shape index (κ3) is 2.13. The van der Waals surface area contributed by atoms with Gasteiger partial charge in [-0.1, -0.05) is 0 Å². The van der Waals surface area contributed by atoms with Crippen molar-refractivity contribution in [2.75, 3.05) is 31.1 Å². The zero-order chi connectivity index (χ0) is 11.7. The number of hydrogen-bond acceptors (Lipinski definition) is 3. The summed E-state index contributed by atoms with van der Waals surface area (Å²) in [5.41, 5.74) is 2.01. The predicted octanol–water partition coefficient (Wildman–Crippen LogP) is 1.60. The van der Waals surface area contributed by atoms with Crippen molar-refractivity contribution in [1.29, 1.82) is 5.26 Å². The molecule has 2 aliphatic rings. The van der Waals surface area contributed by atoms with E-state index in [0.717, 1.165) is 43.6 Å². The number of nitriles is 1. The lowest BCUT2D eigenvalue weighted by Gasteiger charge is -2.42. The SMILES string of the molecule is N#Cc1ccc(N2CC3CNCC(C3)C2)cc1. The molecule has 2 fully saturated rings. The van der Waals surface area contributed by atoms with Gasteiger partial charge >= 0.3 is 0 Å². The molecule has 1 aromatic carbocycles. The van der Waals surface area contributed by atoms with Crippen LogP contribution in [-0.4, -0.2) is 26.2 Å². The molecule has 17 heavy (non-hydrogen) atoms. The predicted molar refractivity (Wildman–Crippen MR) is 67.8 cm³/mol. The summed E-state index contributed by atoms with van der Waals surface area (Å²) >= 11 is 0. The molecular formula is C14H17N3. The standard InChI is InChI=1S/C14H17N3/c15-6-11-1-3-14(4-2-11)17-9-12-5-13(10-17)8-16-7-12/h1-4,12-13,16H,5,7-10H2. The van der Waals surface area contributed by atoms with Crippen LogP contribution in [0.5, 0.6) is 0 Å². The Bertz CT molecular complexity index is 420. The van der Waals surface area contributed by atoms with Crippen molar-refractivity contribution in [1.82, 2.24) is 5.32 Å². The third-order valence-electron chi connectivity index (χ3n) is 3.85. The molecule has 2 aliphatic heterocycles. The van der Waals surface area contributed by atoms with Gasteiger partial charge in [-0.15, -0.1) is 0 Å². The minimum absolute atomic E-state index is 0.743. The van der Waals surface area contributed by atoms with Crippen molar-refractivity contribution < 1.29 is 0 Å². The Morgan fingerprint density at radius 2 is 1.76 bits per heavy atom. The molecule has 88 valence electrons. The van der Waals surface area contributed by atoms with E-state index in [1.165, 1.54) is 12.1 Å². The van der Waals surface area contributed by atoms with Crippen molar-refractivity contribution in [2.45, 2.75) is 6.42 Å². The number of piperidine rings is 2. The summed E-state index contributed by atoms with van der Waals surface area (Å²) in [6.45, 7) is 4.61. The van der Waals surface area contributed by atoms with Crippen LogP contribution in [-0.2, 0) is 0 Å². The van der Waals surface area contributed by atoms with Crippen LogP contribution in [0.3, 0.4) is 0 Å². The molecule has 0 radical (unpaired) electrons. The fourth-order valence-electron chi connectivity index (χ4n) is 3.06. The maximum absolute atomic E-state index is 8.80. The average Bonchev–Trinajstić information content (AvgIpc) is 2.38. The average molecular weight is 227 g/mol. The summed E-state index contributed by atoms with van der Waals surface area (Å²) in [6.07, 6.45) is 1.37. The second kappa shape index (κ2) is 4.38. The Labute approximate surface area is 102 Å². The van der Waals surface area contributed by atoms with Crippen molar-refractivity contribution in [3.63, 3.8) is 0 Å². The summed E-state index contributed by atoms with van der Waals surface area (Å²) < 4.78 is 0. The Hall–Kier alpha value is -1.53. The van der Waals surface area contributed by atoms with E-state index in [1.54, 1.807) is 0 Å². The van der Waals surface area contributed by atoms with E-state index in [0.29, 0.717) is 0 Å². The molecule has 0 aromatic heterocycles. The van der Waals surface area contributed by atoms with Crippen LogP contribution in [0, 0.1) is 23.2 Å². The number of anilines is 1. The van der Waals surface area contributed by atoms with Crippen molar-refractivity contribution in [2.24, 2.45) is 11.8 Å². The van der Waals surface area contributed by atoms with Gasteiger partial charge in [0.05, 0.1) is 11.6 Å². The van der Waals surface area contributed by atoms with Gasteiger partial charge in [0.1, 0.15) is 0 Å². The van der Waals surface area contributed by atoms with E-state index in [4.69, 9.17) is 5.26 Å². The van der Waals surface area contributed by atoms with Crippen LogP contribution < -0.4 is 10.2 Å². The number of nitrogens with one attached hydrogen (secondary N) is 1. The van der Waals surface area contributed by atoms with Gasteiger partial charge in [-0.05, 0) is 55.6 Å². The van der Waals surface area contributed by atoms with Gasteiger partial charge in [-0.2, -0.15) is 5.26 Å². The number of fused-ring (bicyclic) bond motifs is 2. The van der Waals surface area contributed by atoms with E-state index < -0.39 is 0 Å². The zero-order valence-corrected chi connectivity index (χ0v) is 9.89. The molecule has 3 heteroatoms. The van der Waals surface area contributed by atoms with Gasteiger partial charge in [0.2, 0.25) is 0 Å². The maximum Gasteiger partial charge on any atom is 0.0991 e. The van der Waals surface area contributed by atoms with E-state index in [2.05, 4.69) is 28.4 Å². The third-order valence-corrected chi connectivity index (χ3v) is 3.85. The summed E-state index contributed by atoms with van der Waals surface area (Å²) in [5.74, 6) is 1.58. The lowest BCUT2D eigenvalue weighted by molar-refractivity contribution is 0.250. The van der Waals surface area contributed by atoms with Gasteiger partial charge in [-0.3, -0.25) is 0 Å². The number of benzene rings is 1. The fourth-order valence-corrected chi connectivity index (χ4v) is 3.06. The van der Waals surface area contributed by atoms with E-state index in [-0.39, 0.29) is 0 Å². The van der Waals surface area contributed by atoms with Crippen molar-refractivity contribution >= 4 is 5.69 Å². The van der Waals surface area contributed by atoms with Crippen LogP contribution in [0.1, 0.15) is 12.0 Å². The first-order valence-electron chi connectivity index (χ1n) is 6.31. The number of nitrogens with zero attached hydrogens (tertiary/aromatic N) is 2. The highest BCUT2D eigenvalue weighted by atomic mass is 15.2. The van der Waals surface area contributed by atoms with Gasteiger partial charge in [0.15, 0.2) is 0 Å². The Balaban J connectivity index is 1.77. The monoisotopic (exact) mass is 227 g/mol. The Morgan fingerprint density at radius 1 is 1.12 bits per heavy atom. The summed E-state index contributed by atoms with van der Waals surface area (Å²) in [6, 6.07) is 10.2.